The number of halogens is 1. The van der Waals surface area contributed by atoms with Crippen LogP contribution >= 0.6 is 0 Å². The smallest absolute Gasteiger partial charge is 0.460 e. The molecule has 134 valence electrons. The number of esters is 1. The largest absolute Gasteiger partial charge is 0.489 e. The zero-order chi connectivity index (χ0) is 17.9. The van der Waals surface area contributed by atoms with Crippen LogP contribution in [0.1, 0.15) is 38.7 Å². The summed E-state index contributed by atoms with van der Waals surface area (Å²) in [5.41, 5.74) is 0.485. The van der Waals surface area contributed by atoms with Crippen molar-refractivity contribution in [3.8, 4) is 0 Å². The zero-order valence-electron chi connectivity index (χ0n) is 14.8. The summed E-state index contributed by atoms with van der Waals surface area (Å²) >= 11 is 0. The molecule has 1 aliphatic heterocycles. The maximum absolute atomic E-state index is 13.7. The van der Waals surface area contributed by atoms with Crippen molar-refractivity contribution in [1.29, 1.82) is 0 Å². The predicted molar refractivity (Wildman–Crippen MR) is 93.5 cm³/mol. The number of hydrogen-bond donors (Lipinski definition) is 0. The minimum Gasteiger partial charge on any atom is -0.460 e. The second-order valence-electron chi connectivity index (χ2n) is 7.48. The highest BCUT2D eigenvalue weighted by Gasteiger charge is 2.46. The Morgan fingerprint density at radius 1 is 1.32 bits per heavy atom. The molecule has 0 spiro atoms. The van der Waals surface area contributed by atoms with E-state index in [1.54, 1.807) is 0 Å². The lowest BCUT2D eigenvalue weighted by atomic mass is 9.66. The Labute approximate surface area is 148 Å². The third-order valence-corrected chi connectivity index (χ3v) is 4.86. The molecule has 0 amide bonds. The summed E-state index contributed by atoms with van der Waals surface area (Å²) in [6, 6.07) is 9.42. The monoisotopic (exact) mass is 346 g/mol. The Hall–Kier alpha value is -1.66. The maximum Gasteiger partial charge on any atom is 0.489 e. The molecule has 1 atom stereocenters. The van der Waals surface area contributed by atoms with Crippen molar-refractivity contribution in [1.82, 2.24) is 0 Å². The number of rotatable bonds is 5. The van der Waals surface area contributed by atoms with Crippen molar-refractivity contribution in [2.24, 2.45) is 5.41 Å². The molecular formula is C19H24BFO4. The highest BCUT2D eigenvalue weighted by atomic mass is 19.1. The van der Waals surface area contributed by atoms with E-state index in [2.05, 4.69) is 0 Å². The van der Waals surface area contributed by atoms with Crippen molar-refractivity contribution in [2.45, 2.75) is 45.3 Å². The fourth-order valence-electron chi connectivity index (χ4n) is 3.18. The molecule has 2 aliphatic rings. The van der Waals surface area contributed by atoms with E-state index in [1.165, 1.54) is 0 Å². The molecule has 25 heavy (non-hydrogen) atoms. The van der Waals surface area contributed by atoms with E-state index in [0.717, 1.165) is 11.0 Å². The van der Waals surface area contributed by atoms with Crippen LogP contribution < -0.4 is 0 Å². The van der Waals surface area contributed by atoms with E-state index in [9.17, 15) is 9.18 Å². The quantitative estimate of drug-likeness (QED) is 0.603. The van der Waals surface area contributed by atoms with E-state index in [0.29, 0.717) is 25.9 Å². The van der Waals surface area contributed by atoms with E-state index in [4.69, 9.17) is 14.0 Å². The van der Waals surface area contributed by atoms with Crippen LogP contribution in [0.3, 0.4) is 0 Å². The highest BCUT2D eigenvalue weighted by molar-refractivity contribution is 6.54. The van der Waals surface area contributed by atoms with Crippen molar-refractivity contribution in [2.75, 3.05) is 13.3 Å². The van der Waals surface area contributed by atoms with Crippen LogP contribution in [0.2, 0.25) is 0 Å². The van der Waals surface area contributed by atoms with Crippen molar-refractivity contribution < 1.29 is 23.2 Å². The molecular weight excluding hydrogens is 322 g/mol. The van der Waals surface area contributed by atoms with Crippen LogP contribution in [-0.4, -0.2) is 32.0 Å². The lowest BCUT2D eigenvalue weighted by Gasteiger charge is -2.32. The van der Waals surface area contributed by atoms with E-state index in [1.807, 2.05) is 50.3 Å². The second kappa shape index (κ2) is 7.30. The first-order valence-electron chi connectivity index (χ1n) is 8.70. The van der Waals surface area contributed by atoms with E-state index < -0.39 is 18.1 Å². The summed E-state index contributed by atoms with van der Waals surface area (Å²) in [6.07, 6.45) is 3.19. The van der Waals surface area contributed by atoms with Gasteiger partial charge in [-0.15, -0.1) is 0 Å². The van der Waals surface area contributed by atoms with Gasteiger partial charge in [0.1, 0.15) is 13.3 Å². The van der Waals surface area contributed by atoms with Gasteiger partial charge in [-0.1, -0.05) is 36.4 Å². The molecule has 1 saturated heterocycles. The molecule has 1 aliphatic carbocycles. The number of carbonyl (C=O) groups is 1. The van der Waals surface area contributed by atoms with Crippen molar-refractivity contribution in [3.63, 3.8) is 0 Å². The topological polar surface area (TPSA) is 44.8 Å². The Kier molecular flexibility index (Phi) is 5.30. The standard InChI is InChI=1S/C19H24BFO4/c1-18(2)14-24-20(25-18)16-8-10-19(13-21,11-9-16)17(22)23-12-15-6-4-3-5-7-15/h3-8H,9-14H2,1-2H3/t19-/m0/s1. The number of ether oxygens (including phenoxy) is 1. The first-order chi connectivity index (χ1) is 11.9. The van der Waals surface area contributed by atoms with Gasteiger partial charge in [0, 0.05) is 0 Å². The molecule has 0 unspecified atom stereocenters. The van der Waals surface area contributed by atoms with Gasteiger partial charge in [0.05, 0.1) is 17.6 Å². The Morgan fingerprint density at radius 3 is 2.64 bits per heavy atom. The highest BCUT2D eigenvalue weighted by Crippen LogP contribution is 2.39. The summed E-state index contributed by atoms with van der Waals surface area (Å²) in [7, 11) is -0.382. The maximum atomic E-state index is 13.7. The van der Waals surface area contributed by atoms with E-state index >= 15 is 0 Å². The first-order valence-corrected chi connectivity index (χ1v) is 8.70. The van der Waals surface area contributed by atoms with Gasteiger partial charge >= 0.3 is 13.1 Å². The molecule has 0 bridgehead atoms. The molecule has 1 heterocycles. The van der Waals surface area contributed by atoms with Gasteiger partial charge in [0.25, 0.3) is 0 Å². The molecule has 3 rings (SSSR count). The van der Waals surface area contributed by atoms with Gasteiger partial charge in [-0.25, -0.2) is 4.39 Å². The Bertz CT molecular complexity index is 646. The third-order valence-electron chi connectivity index (χ3n) is 4.86. The van der Waals surface area contributed by atoms with Gasteiger partial charge in [0.15, 0.2) is 0 Å². The second-order valence-corrected chi connectivity index (χ2v) is 7.48. The minimum atomic E-state index is -1.09. The molecule has 4 nitrogen and oxygen atoms in total. The molecule has 6 heteroatoms. The fraction of sp³-hybridized carbons (Fsp3) is 0.526. The average Bonchev–Trinajstić information content (AvgIpc) is 3.00. The third kappa shape index (κ3) is 4.13. The lowest BCUT2D eigenvalue weighted by Crippen LogP contribution is -2.38. The number of allylic oxidation sites excluding steroid dienone is 2. The Morgan fingerprint density at radius 2 is 2.08 bits per heavy atom. The van der Waals surface area contributed by atoms with Gasteiger partial charge in [-0.05, 0) is 44.1 Å². The summed E-state index contributed by atoms with van der Waals surface area (Å²) in [5.74, 6) is -0.470. The zero-order valence-corrected chi connectivity index (χ0v) is 14.8. The van der Waals surface area contributed by atoms with Crippen LogP contribution in [0.4, 0.5) is 4.39 Å². The normalized spacial score (nSPS) is 25.6. The van der Waals surface area contributed by atoms with Crippen LogP contribution in [0.25, 0.3) is 0 Å². The van der Waals surface area contributed by atoms with Gasteiger partial charge in [-0.2, -0.15) is 0 Å². The lowest BCUT2D eigenvalue weighted by molar-refractivity contribution is -0.159. The summed E-state index contributed by atoms with van der Waals surface area (Å²) in [4.78, 5) is 12.5. The van der Waals surface area contributed by atoms with Gasteiger partial charge < -0.3 is 14.0 Å². The molecule has 0 aromatic heterocycles. The van der Waals surface area contributed by atoms with Gasteiger partial charge in [0.2, 0.25) is 0 Å². The molecule has 0 radical (unpaired) electrons. The SMILES string of the molecule is CC1(C)COB(C2=CC[C@](CF)(C(=O)OCc3ccccc3)CC2)O1. The number of hydrogen-bond acceptors (Lipinski definition) is 4. The van der Waals surface area contributed by atoms with Crippen molar-refractivity contribution >= 4 is 13.1 Å². The average molecular weight is 346 g/mol. The van der Waals surface area contributed by atoms with E-state index in [-0.39, 0.29) is 19.3 Å². The number of carbonyl (C=O) groups excluding carboxylic acids is 1. The van der Waals surface area contributed by atoms with Crippen LogP contribution in [-0.2, 0) is 25.4 Å². The molecule has 1 aromatic carbocycles. The molecule has 0 saturated carbocycles. The summed E-state index contributed by atoms with van der Waals surface area (Å²) < 4.78 is 30.7. The number of benzene rings is 1. The van der Waals surface area contributed by atoms with Crippen LogP contribution in [0.5, 0.6) is 0 Å². The number of alkyl halides is 1. The Balaban J connectivity index is 1.61. The predicted octanol–water partition coefficient (Wildman–Crippen LogP) is 3.65. The minimum absolute atomic E-state index is 0.168. The fourth-order valence-corrected chi connectivity index (χ4v) is 3.18. The molecule has 1 fully saturated rings. The summed E-state index contributed by atoms with van der Waals surface area (Å²) in [5, 5.41) is 0. The van der Waals surface area contributed by atoms with Crippen LogP contribution in [0, 0.1) is 5.41 Å². The van der Waals surface area contributed by atoms with Gasteiger partial charge in [-0.3, -0.25) is 4.79 Å². The van der Waals surface area contributed by atoms with Crippen molar-refractivity contribution in [3.05, 3.63) is 47.4 Å². The molecule has 0 N–H and O–H groups in total. The summed E-state index contributed by atoms with van der Waals surface area (Å²) in [6.45, 7) is 3.93. The van der Waals surface area contributed by atoms with Crippen LogP contribution in [0.15, 0.2) is 41.9 Å². The molecule has 1 aromatic rings. The first kappa shape index (κ1) is 18.1.